The van der Waals surface area contributed by atoms with Crippen LogP contribution in [-0.4, -0.2) is 30.7 Å². The summed E-state index contributed by atoms with van der Waals surface area (Å²) in [6.45, 7) is 2.14. The molecule has 6 nitrogen and oxygen atoms in total. The third-order valence-corrected chi connectivity index (χ3v) is 6.41. The summed E-state index contributed by atoms with van der Waals surface area (Å²) in [7, 11) is -3.51. The number of rotatable bonds is 4. The van der Waals surface area contributed by atoms with Gasteiger partial charge in [0, 0.05) is 17.8 Å². The van der Waals surface area contributed by atoms with Crippen molar-refractivity contribution in [1.82, 2.24) is 0 Å². The van der Waals surface area contributed by atoms with Crippen LogP contribution < -0.4 is 0 Å². The summed E-state index contributed by atoms with van der Waals surface area (Å²) in [6, 6.07) is -0.534. The van der Waals surface area contributed by atoms with Crippen LogP contribution in [0.3, 0.4) is 0 Å². The molecular formula is C13H23NO5S. The van der Waals surface area contributed by atoms with E-state index in [-0.39, 0.29) is 16.3 Å². The summed E-state index contributed by atoms with van der Waals surface area (Å²) >= 11 is 0. The van der Waals surface area contributed by atoms with E-state index in [4.69, 9.17) is 4.18 Å². The number of hydrogen-bond donors (Lipinski definition) is 0. The molecule has 2 aliphatic carbocycles. The van der Waals surface area contributed by atoms with Gasteiger partial charge in [-0.2, -0.15) is 8.42 Å². The van der Waals surface area contributed by atoms with Crippen molar-refractivity contribution in [3.63, 3.8) is 0 Å². The molecule has 2 saturated carbocycles. The van der Waals surface area contributed by atoms with Gasteiger partial charge in [-0.05, 0) is 44.4 Å². The molecule has 116 valence electrons. The molecule has 0 heterocycles. The summed E-state index contributed by atoms with van der Waals surface area (Å²) in [4.78, 5) is 10.4. The molecule has 0 radical (unpaired) electrons. The Kier molecular flexibility index (Phi) is 5.01. The lowest BCUT2D eigenvalue weighted by Crippen LogP contribution is -2.35. The standard InChI is InChI=1S/C13H23NO5S/c1-10-2-8-13(9-3-10)20(17,18)19-12-6-4-11(5-7-12)14(15)16/h10-13H,2-9H2,1H3. The maximum Gasteiger partial charge on any atom is 0.270 e. The predicted octanol–water partition coefficient (Wildman–Crippen LogP) is 2.50. The molecule has 0 amide bonds. The second-order valence-electron chi connectivity index (χ2n) is 6.19. The lowest BCUT2D eigenvalue weighted by Gasteiger charge is -2.29. The van der Waals surface area contributed by atoms with E-state index in [1.165, 1.54) is 0 Å². The highest BCUT2D eigenvalue weighted by Gasteiger charge is 2.35. The fraction of sp³-hybridized carbons (Fsp3) is 1.00. The van der Waals surface area contributed by atoms with E-state index in [0.29, 0.717) is 44.4 Å². The highest BCUT2D eigenvalue weighted by Crippen LogP contribution is 2.31. The fourth-order valence-electron chi connectivity index (χ4n) is 3.14. The van der Waals surface area contributed by atoms with Gasteiger partial charge in [0.05, 0.1) is 11.4 Å². The minimum atomic E-state index is -3.51. The third kappa shape index (κ3) is 3.91. The van der Waals surface area contributed by atoms with Crippen LogP contribution in [0.15, 0.2) is 0 Å². The first-order valence-corrected chi connectivity index (χ1v) is 8.91. The second-order valence-corrected chi connectivity index (χ2v) is 8.03. The molecule has 0 aromatic carbocycles. The maximum absolute atomic E-state index is 12.2. The molecule has 0 bridgehead atoms. The van der Waals surface area contributed by atoms with Gasteiger partial charge in [0.1, 0.15) is 0 Å². The largest absolute Gasteiger partial charge is 0.270 e. The minimum Gasteiger partial charge on any atom is -0.267 e. The van der Waals surface area contributed by atoms with Gasteiger partial charge in [-0.25, -0.2) is 0 Å². The van der Waals surface area contributed by atoms with Gasteiger partial charge >= 0.3 is 0 Å². The first kappa shape index (κ1) is 15.7. The van der Waals surface area contributed by atoms with Crippen LogP contribution in [0.5, 0.6) is 0 Å². The zero-order valence-corrected chi connectivity index (χ0v) is 12.7. The smallest absolute Gasteiger partial charge is 0.267 e. The Balaban J connectivity index is 1.85. The van der Waals surface area contributed by atoms with Crippen molar-refractivity contribution in [1.29, 1.82) is 0 Å². The van der Waals surface area contributed by atoms with E-state index in [2.05, 4.69) is 6.92 Å². The molecule has 0 unspecified atom stereocenters. The van der Waals surface area contributed by atoms with Crippen molar-refractivity contribution in [2.75, 3.05) is 0 Å². The SMILES string of the molecule is CC1CCC(S(=O)(=O)OC2CCC([N+](=O)[O-])CC2)CC1. The van der Waals surface area contributed by atoms with Crippen LogP contribution in [0, 0.1) is 16.0 Å². The van der Waals surface area contributed by atoms with Gasteiger partial charge in [-0.1, -0.05) is 6.92 Å². The van der Waals surface area contributed by atoms with Crippen molar-refractivity contribution in [2.45, 2.75) is 75.7 Å². The van der Waals surface area contributed by atoms with Crippen molar-refractivity contribution in [2.24, 2.45) is 5.92 Å². The summed E-state index contributed by atoms with van der Waals surface area (Å²) < 4.78 is 29.8. The topological polar surface area (TPSA) is 86.5 Å². The van der Waals surface area contributed by atoms with Crippen molar-refractivity contribution >= 4 is 10.1 Å². The normalized spacial score (nSPS) is 35.6. The summed E-state index contributed by atoms with van der Waals surface area (Å²) in [5.74, 6) is 0.594. The van der Waals surface area contributed by atoms with E-state index < -0.39 is 16.2 Å². The van der Waals surface area contributed by atoms with Crippen LogP contribution in [-0.2, 0) is 14.3 Å². The van der Waals surface area contributed by atoms with Gasteiger partial charge < -0.3 is 0 Å². The molecule has 20 heavy (non-hydrogen) atoms. The number of hydrogen-bond acceptors (Lipinski definition) is 5. The summed E-state index contributed by atoms with van der Waals surface area (Å²) in [6.07, 6.45) is 4.60. The molecule has 0 saturated heterocycles. The van der Waals surface area contributed by atoms with E-state index in [1.54, 1.807) is 0 Å². The molecule has 0 aliphatic heterocycles. The van der Waals surface area contributed by atoms with Gasteiger partial charge in [0.15, 0.2) is 0 Å². The molecule has 0 aromatic heterocycles. The highest BCUT2D eigenvalue weighted by molar-refractivity contribution is 7.87. The van der Waals surface area contributed by atoms with Crippen LogP contribution in [0.2, 0.25) is 0 Å². The van der Waals surface area contributed by atoms with Gasteiger partial charge in [-0.15, -0.1) is 0 Å². The van der Waals surface area contributed by atoms with Crippen molar-refractivity contribution < 1.29 is 17.5 Å². The Labute approximate surface area is 120 Å². The first-order chi connectivity index (χ1) is 9.38. The van der Waals surface area contributed by atoms with Crippen molar-refractivity contribution in [3.8, 4) is 0 Å². The molecule has 7 heteroatoms. The predicted molar refractivity (Wildman–Crippen MR) is 74.5 cm³/mol. The lowest BCUT2D eigenvalue weighted by atomic mass is 9.91. The van der Waals surface area contributed by atoms with E-state index in [1.807, 2.05) is 0 Å². The lowest BCUT2D eigenvalue weighted by molar-refractivity contribution is -0.527. The van der Waals surface area contributed by atoms with Crippen LogP contribution in [0.25, 0.3) is 0 Å². The van der Waals surface area contributed by atoms with E-state index in [9.17, 15) is 18.5 Å². The maximum atomic E-state index is 12.2. The van der Waals surface area contributed by atoms with Gasteiger partial charge in [0.2, 0.25) is 6.04 Å². The molecule has 0 N–H and O–H groups in total. The summed E-state index contributed by atoms with van der Waals surface area (Å²) in [5.41, 5.74) is 0. The third-order valence-electron chi connectivity index (χ3n) is 4.58. The Morgan fingerprint density at radius 1 is 1.00 bits per heavy atom. The molecule has 2 fully saturated rings. The monoisotopic (exact) mass is 305 g/mol. The minimum absolute atomic E-state index is 0.271. The first-order valence-electron chi connectivity index (χ1n) is 7.44. The highest BCUT2D eigenvalue weighted by atomic mass is 32.2. The average molecular weight is 305 g/mol. The van der Waals surface area contributed by atoms with Gasteiger partial charge in [0.25, 0.3) is 10.1 Å². The Hall–Kier alpha value is -0.690. The second kappa shape index (κ2) is 6.39. The molecule has 2 aliphatic rings. The number of nitro groups is 1. The molecule has 0 spiro atoms. The van der Waals surface area contributed by atoms with E-state index in [0.717, 1.165) is 12.8 Å². The Morgan fingerprint density at radius 2 is 1.55 bits per heavy atom. The quantitative estimate of drug-likeness (QED) is 0.452. The average Bonchev–Trinajstić information content (AvgIpc) is 2.39. The molecule has 2 rings (SSSR count). The summed E-state index contributed by atoms with van der Waals surface area (Å²) in [5, 5.41) is 10.3. The van der Waals surface area contributed by atoms with Crippen LogP contribution in [0.4, 0.5) is 0 Å². The molecular weight excluding hydrogens is 282 g/mol. The molecule has 0 atom stereocenters. The zero-order valence-electron chi connectivity index (χ0n) is 11.9. The zero-order chi connectivity index (χ0) is 14.8. The molecule has 0 aromatic rings. The van der Waals surface area contributed by atoms with E-state index >= 15 is 0 Å². The Bertz CT molecular complexity index is 434. The Morgan fingerprint density at radius 3 is 2.05 bits per heavy atom. The fourth-order valence-corrected chi connectivity index (χ4v) is 4.72. The number of nitrogens with zero attached hydrogens (tertiary/aromatic N) is 1. The van der Waals surface area contributed by atoms with Gasteiger partial charge in [-0.3, -0.25) is 14.3 Å². The van der Waals surface area contributed by atoms with Crippen LogP contribution >= 0.6 is 0 Å². The van der Waals surface area contributed by atoms with Crippen molar-refractivity contribution in [3.05, 3.63) is 10.1 Å². The van der Waals surface area contributed by atoms with Crippen LogP contribution in [0.1, 0.15) is 58.3 Å².